The van der Waals surface area contributed by atoms with Crippen molar-refractivity contribution in [2.24, 2.45) is 5.92 Å². The lowest BCUT2D eigenvalue weighted by Gasteiger charge is -2.13. The van der Waals surface area contributed by atoms with Gasteiger partial charge in [-0.15, -0.1) is 0 Å². The first kappa shape index (κ1) is 12.3. The van der Waals surface area contributed by atoms with Gasteiger partial charge in [0.05, 0.1) is 0 Å². The second kappa shape index (κ2) is 5.03. The number of nitrogen functional groups attached to an aromatic ring is 1. The van der Waals surface area contributed by atoms with E-state index >= 15 is 0 Å². The van der Waals surface area contributed by atoms with Crippen LogP contribution in [-0.2, 0) is 0 Å². The molecule has 17 heavy (non-hydrogen) atoms. The summed E-state index contributed by atoms with van der Waals surface area (Å²) in [5.41, 5.74) is 6.96. The molecule has 1 aliphatic rings. The van der Waals surface area contributed by atoms with Gasteiger partial charge >= 0.3 is 0 Å². The molecule has 1 aliphatic carbocycles. The standard InChI is InChI=1S/C14H23N3/c1-4-10-5-6-11(7-10)14-16-12(9(2)3)8-13(15)17-14/h8-11H,4-7H2,1-3H3,(H2,15,16,17). The third-order valence-electron chi connectivity index (χ3n) is 3.86. The van der Waals surface area contributed by atoms with E-state index in [1.807, 2.05) is 6.07 Å². The Kier molecular flexibility index (Phi) is 3.65. The SMILES string of the molecule is CCC1CCC(c2nc(N)cc(C(C)C)n2)C1. The van der Waals surface area contributed by atoms with Crippen molar-refractivity contribution >= 4 is 5.82 Å². The Hall–Kier alpha value is -1.12. The molecule has 2 atom stereocenters. The van der Waals surface area contributed by atoms with Crippen molar-refractivity contribution in [3.63, 3.8) is 0 Å². The number of hydrogen-bond acceptors (Lipinski definition) is 3. The normalized spacial score (nSPS) is 24.5. The fourth-order valence-electron chi connectivity index (χ4n) is 2.66. The molecule has 1 saturated carbocycles. The van der Waals surface area contributed by atoms with Gasteiger partial charge in [0.15, 0.2) is 0 Å². The van der Waals surface area contributed by atoms with E-state index in [9.17, 15) is 0 Å². The van der Waals surface area contributed by atoms with Crippen molar-refractivity contribution < 1.29 is 0 Å². The minimum absolute atomic E-state index is 0.419. The number of anilines is 1. The molecule has 0 saturated heterocycles. The molecule has 0 aromatic carbocycles. The molecule has 3 nitrogen and oxygen atoms in total. The Balaban J connectivity index is 2.21. The molecule has 1 aromatic heterocycles. The van der Waals surface area contributed by atoms with Gasteiger partial charge in [-0.05, 0) is 31.1 Å². The van der Waals surface area contributed by atoms with Crippen LogP contribution in [0.5, 0.6) is 0 Å². The molecule has 3 heteroatoms. The summed E-state index contributed by atoms with van der Waals surface area (Å²) >= 11 is 0. The molecule has 1 aromatic rings. The summed E-state index contributed by atoms with van der Waals surface area (Å²) in [6, 6.07) is 1.90. The van der Waals surface area contributed by atoms with Crippen LogP contribution in [0.1, 0.15) is 69.8 Å². The first-order chi connectivity index (χ1) is 8.10. The smallest absolute Gasteiger partial charge is 0.134 e. The van der Waals surface area contributed by atoms with E-state index < -0.39 is 0 Å². The highest BCUT2D eigenvalue weighted by Gasteiger charge is 2.27. The second-order valence-electron chi connectivity index (χ2n) is 5.51. The molecule has 2 unspecified atom stereocenters. The van der Waals surface area contributed by atoms with Crippen LogP contribution in [0.3, 0.4) is 0 Å². The highest BCUT2D eigenvalue weighted by atomic mass is 15.0. The van der Waals surface area contributed by atoms with Gasteiger partial charge in [0.25, 0.3) is 0 Å². The van der Waals surface area contributed by atoms with Crippen molar-refractivity contribution in [2.75, 3.05) is 5.73 Å². The first-order valence-electron chi connectivity index (χ1n) is 6.74. The zero-order valence-corrected chi connectivity index (χ0v) is 11.1. The molecular formula is C14H23N3. The lowest BCUT2D eigenvalue weighted by atomic mass is 10.0. The molecule has 2 N–H and O–H groups in total. The van der Waals surface area contributed by atoms with Crippen molar-refractivity contribution in [1.82, 2.24) is 9.97 Å². The summed E-state index contributed by atoms with van der Waals surface area (Å²) in [7, 11) is 0. The molecule has 1 fully saturated rings. The molecule has 0 radical (unpaired) electrons. The number of rotatable bonds is 3. The minimum atomic E-state index is 0.419. The molecule has 1 heterocycles. The van der Waals surface area contributed by atoms with Crippen LogP contribution in [0.25, 0.3) is 0 Å². The Bertz CT molecular complexity index is 387. The van der Waals surface area contributed by atoms with Crippen molar-refractivity contribution in [1.29, 1.82) is 0 Å². The maximum atomic E-state index is 5.88. The highest BCUT2D eigenvalue weighted by Crippen LogP contribution is 2.38. The molecule has 0 aliphatic heterocycles. The van der Waals surface area contributed by atoms with Gasteiger partial charge in [-0.25, -0.2) is 9.97 Å². The van der Waals surface area contributed by atoms with Crippen LogP contribution < -0.4 is 5.73 Å². The van der Waals surface area contributed by atoms with Gasteiger partial charge in [0.2, 0.25) is 0 Å². The number of aromatic nitrogens is 2. The number of hydrogen-bond donors (Lipinski definition) is 1. The maximum Gasteiger partial charge on any atom is 0.134 e. The van der Waals surface area contributed by atoms with E-state index in [4.69, 9.17) is 10.7 Å². The summed E-state index contributed by atoms with van der Waals surface area (Å²) in [5.74, 6) is 3.40. The van der Waals surface area contributed by atoms with E-state index in [0.29, 0.717) is 17.7 Å². The van der Waals surface area contributed by atoms with E-state index in [-0.39, 0.29) is 0 Å². The van der Waals surface area contributed by atoms with Crippen LogP contribution in [0.15, 0.2) is 6.07 Å². The van der Waals surface area contributed by atoms with Gasteiger partial charge in [-0.3, -0.25) is 0 Å². The van der Waals surface area contributed by atoms with Gasteiger partial charge < -0.3 is 5.73 Å². The van der Waals surface area contributed by atoms with Crippen LogP contribution in [0.2, 0.25) is 0 Å². The van der Waals surface area contributed by atoms with E-state index in [1.54, 1.807) is 0 Å². The fraction of sp³-hybridized carbons (Fsp3) is 0.714. The Morgan fingerprint density at radius 3 is 2.71 bits per heavy atom. The summed E-state index contributed by atoms with van der Waals surface area (Å²) in [4.78, 5) is 9.13. The van der Waals surface area contributed by atoms with Crippen LogP contribution in [0, 0.1) is 5.92 Å². The van der Waals surface area contributed by atoms with Crippen molar-refractivity contribution in [3.05, 3.63) is 17.6 Å². The van der Waals surface area contributed by atoms with E-state index in [1.165, 1.54) is 25.7 Å². The monoisotopic (exact) mass is 233 g/mol. The predicted molar refractivity (Wildman–Crippen MR) is 70.9 cm³/mol. The quantitative estimate of drug-likeness (QED) is 0.869. The summed E-state index contributed by atoms with van der Waals surface area (Å²) in [6.07, 6.45) is 5.04. The van der Waals surface area contributed by atoms with Crippen LogP contribution in [0.4, 0.5) is 5.82 Å². The maximum absolute atomic E-state index is 5.88. The average molecular weight is 233 g/mol. The van der Waals surface area contributed by atoms with Crippen LogP contribution in [-0.4, -0.2) is 9.97 Å². The number of nitrogens with two attached hydrogens (primary N) is 1. The van der Waals surface area contributed by atoms with Crippen molar-refractivity contribution in [3.8, 4) is 0 Å². The van der Waals surface area contributed by atoms with Crippen LogP contribution >= 0.6 is 0 Å². The third kappa shape index (κ3) is 2.76. The van der Waals surface area contributed by atoms with Gasteiger partial charge in [0, 0.05) is 17.7 Å². The Labute approximate surface area is 104 Å². The molecule has 0 spiro atoms. The third-order valence-corrected chi connectivity index (χ3v) is 3.86. The number of nitrogens with zero attached hydrogens (tertiary/aromatic N) is 2. The molecular weight excluding hydrogens is 210 g/mol. The largest absolute Gasteiger partial charge is 0.384 e. The highest BCUT2D eigenvalue weighted by molar-refractivity contribution is 5.31. The van der Waals surface area contributed by atoms with Gasteiger partial charge in [-0.1, -0.05) is 27.2 Å². The lowest BCUT2D eigenvalue weighted by molar-refractivity contribution is 0.516. The molecule has 2 rings (SSSR count). The Morgan fingerprint density at radius 1 is 1.35 bits per heavy atom. The zero-order chi connectivity index (χ0) is 12.4. The predicted octanol–water partition coefficient (Wildman–Crippen LogP) is 3.48. The summed E-state index contributed by atoms with van der Waals surface area (Å²) < 4.78 is 0. The lowest BCUT2D eigenvalue weighted by Crippen LogP contribution is -2.08. The Morgan fingerprint density at radius 2 is 2.12 bits per heavy atom. The molecule has 0 amide bonds. The second-order valence-corrected chi connectivity index (χ2v) is 5.51. The van der Waals surface area contributed by atoms with Gasteiger partial charge in [0.1, 0.15) is 11.6 Å². The zero-order valence-electron chi connectivity index (χ0n) is 11.1. The molecule has 94 valence electrons. The van der Waals surface area contributed by atoms with E-state index in [2.05, 4.69) is 25.8 Å². The minimum Gasteiger partial charge on any atom is -0.384 e. The summed E-state index contributed by atoms with van der Waals surface area (Å²) in [5, 5.41) is 0. The topological polar surface area (TPSA) is 51.8 Å². The summed E-state index contributed by atoms with van der Waals surface area (Å²) in [6.45, 7) is 6.57. The molecule has 0 bridgehead atoms. The average Bonchev–Trinajstić information content (AvgIpc) is 2.76. The first-order valence-corrected chi connectivity index (χ1v) is 6.74. The van der Waals surface area contributed by atoms with Gasteiger partial charge in [-0.2, -0.15) is 0 Å². The van der Waals surface area contributed by atoms with E-state index in [0.717, 1.165) is 17.4 Å². The van der Waals surface area contributed by atoms with Crippen molar-refractivity contribution in [2.45, 2.75) is 58.3 Å². The fourth-order valence-corrected chi connectivity index (χ4v) is 2.66.